The van der Waals surface area contributed by atoms with Gasteiger partial charge in [-0.3, -0.25) is 0 Å². The van der Waals surface area contributed by atoms with Crippen LogP contribution >= 0.6 is 11.8 Å². The van der Waals surface area contributed by atoms with E-state index in [1.165, 1.54) is 0 Å². The second-order valence-electron chi connectivity index (χ2n) is 7.55. The molecule has 2 unspecified atom stereocenters. The molecule has 4 rings (SSSR count). The maximum Gasteiger partial charge on any atom is 0.148 e. The Kier molecular flexibility index (Phi) is 5.87. The minimum absolute atomic E-state index is 0.00718. The van der Waals surface area contributed by atoms with Gasteiger partial charge in [0.2, 0.25) is 0 Å². The van der Waals surface area contributed by atoms with Gasteiger partial charge in [-0.2, -0.15) is 5.26 Å². The summed E-state index contributed by atoms with van der Waals surface area (Å²) in [6.45, 7) is 4.43. The summed E-state index contributed by atoms with van der Waals surface area (Å²) in [6, 6.07) is 22.9. The molecule has 3 aromatic rings. The van der Waals surface area contributed by atoms with E-state index in [1.807, 2.05) is 54.8 Å². The summed E-state index contributed by atoms with van der Waals surface area (Å²) < 4.78 is 5.69. The highest BCUT2D eigenvalue weighted by atomic mass is 32.2. The van der Waals surface area contributed by atoms with Gasteiger partial charge >= 0.3 is 0 Å². The Hall–Kier alpha value is -2.77. The summed E-state index contributed by atoms with van der Waals surface area (Å²) >= 11 is 1.59. The highest BCUT2D eigenvalue weighted by Crippen LogP contribution is 2.48. The number of aromatic nitrogens is 1. The van der Waals surface area contributed by atoms with E-state index in [0.29, 0.717) is 12.3 Å². The fourth-order valence-electron chi connectivity index (χ4n) is 3.93. The van der Waals surface area contributed by atoms with Crippen LogP contribution in [0.4, 0.5) is 0 Å². The summed E-state index contributed by atoms with van der Waals surface area (Å²) in [6.07, 6.45) is 5.00. The van der Waals surface area contributed by atoms with Gasteiger partial charge in [0.05, 0.1) is 17.6 Å². The molecule has 0 amide bonds. The Labute approximate surface area is 176 Å². The van der Waals surface area contributed by atoms with E-state index >= 15 is 0 Å². The van der Waals surface area contributed by atoms with Gasteiger partial charge in [-0.15, -0.1) is 11.8 Å². The third kappa shape index (κ3) is 4.16. The fraction of sp³-hybridized carbons (Fsp3) is 0.280. The molecule has 29 heavy (non-hydrogen) atoms. The minimum atomic E-state index is -0.252. The molecule has 1 aliphatic rings. The van der Waals surface area contributed by atoms with Crippen molar-refractivity contribution in [3.63, 3.8) is 0 Å². The predicted octanol–water partition coefficient (Wildman–Crippen LogP) is 6.77. The smallest absolute Gasteiger partial charge is 0.148 e. The van der Waals surface area contributed by atoms with Crippen molar-refractivity contribution in [2.75, 3.05) is 6.26 Å². The monoisotopic (exact) mass is 400 g/mol. The molecule has 1 aliphatic carbocycles. The van der Waals surface area contributed by atoms with Crippen molar-refractivity contribution in [3.8, 4) is 6.07 Å². The van der Waals surface area contributed by atoms with Crippen LogP contribution in [-0.2, 0) is 0 Å². The number of benzene rings is 2. The van der Waals surface area contributed by atoms with E-state index in [2.05, 4.69) is 29.9 Å². The van der Waals surface area contributed by atoms with Crippen molar-refractivity contribution in [1.82, 2.24) is 5.16 Å². The van der Waals surface area contributed by atoms with Gasteiger partial charge in [0, 0.05) is 11.8 Å². The van der Waals surface area contributed by atoms with Crippen molar-refractivity contribution in [2.24, 2.45) is 0 Å². The van der Waals surface area contributed by atoms with Crippen LogP contribution in [0.15, 0.2) is 76.8 Å². The van der Waals surface area contributed by atoms with Crippen LogP contribution in [0, 0.1) is 11.3 Å². The number of allylic oxidation sites excluding steroid dienone is 1. The number of hydrogen-bond donors (Lipinski definition) is 0. The highest BCUT2D eigenvalue weighted by molar-refractivity contribution is 7.98. The summed E-state index contributed by atoms with van der Waals surface area (Å²) in [5.74, 6) is 1.19. The van der Waals surface area contributed by atoms with Gasteiger partial charge in [0.1, 0.15) is 10.8 Å². The number of nitriles is 1. The second kappa shape index (κ2) is 8.71. The molecule has 1 fully saturated rings. The van der Waals surface area contributed by atoms with Crippen LogP contribution in [0.25, 0.3) is 5.57 Å². The average molecular weight is 401 g/mol. The van der Waals surface area contributed by atoms with E-state index in [-0.39, 0.29) is 11.8 Å². The minimum Gasteiger partial charge on any atom is -0.359 e. The Morgan fingerprint density at radius 2 is 1.76 bits per heavy atom. The molecule has 1 heterocycles. The molecule has 0 radical (unpaired) electrons. The van der Waals surface area contributed by atoms with Crippen molar-refractivity contribution < 1.29 is 4.52 Å². The lowest BCUT2D eigenvalue weighted by Crippen LogP contribution is -2.11. The Morgan fingerprint density at radius 1 is 1.14 bits per heavy atom. The topological polar surface area (TPSA) is 49.8 Å². The fourth-order valence-corrected chi connectivity index (χ4v) is 4.49. The first-order valence-corrected chi connectivity index (χ1v) is 11.2. The molecular formula is C25H24N2OS. The van der Waals surface area contributed by atoms with Crippen LogP contribution in [-0.4, -0.2) is 11.4 Å². The van der Waals surface area contributed by atoms with Gasteiger partial charge in [-0.05, 0) is 42.2 Å². The molecule has 0 aliphatic heterocycles. The van der Waals surface area contributed by atoms with Crippen molar-refractivity contribution >= 4 is 17.3 Å². The maximum atomic E-state index is 10.1. The van der Waals surface area contributed by atoms with E-state index in [4.69, 9.17) is 4.52 Å². The third-order valence-electron chi connectivity index (χ3n) is 5.58. The van der Waals surface area contributed by atoms with Crippen LogP contribution < -0.4 is 0 Å². The predicted molar refractivity (Wildman–Crippen MR) is 118 cm³/mol. The molecule has 1 aromatic heterocycles. The molecule has 1 saturated carbocycles. The zero-order valence-electron chi connectivity index (χ0n) is 16.5. The molecule has 0 saturated heterocycles. The number of nitrogens with zero attached hydrogens (tertiary/aromatic N) is 2. The zero-order valence-corrected chi connectivity index (χ0v) is 17.4. The summed E-state index contributed by atoms with van der Waals surface area (Å²) in [5.41, 5.74) is 4.25. The normalized spacial score (nSPS) is 15.4. The number of rotatable bonds is 8. The maximum absolute atomic E-state index is 10.1. The first-order valence-electron chi connectivity index (χ1n) is 9.94. The Bertz CT molecular complexity index is 1020. The summed E-state index contributed by atoms with van der Waals surface area (Å²) in [7, 11) is 0. The second-order valence-corrected chi connectivity index (χ2v) is 8.34. The van der Waals surface area contributed by atoms with Crippen molar-refractivity contribution in [2.45, 2.75) is 42.0 Å². The molecule has 3 nitrogen and oxygen atoms in total. The first kappa shape index (κ1) is 19.5. The Morgan fingerprint density at radius 3 is 2.31 bits per heavy atom. The molecule has 146 valence electrons. The van der Waals surface area contributed by atoms with E-state index in [9.17, 15) is 5.26 Å². The lowest BCUT2D eigenvalue weighted by molar-refractivity contribution is 0.371. The van der Waals surface area contributed by atoms with E-state index in [1.54, 1.807) is 11.8 Å². The van der Waals surface area contributed by atoms with Gasteiger partial charge < -0.3 is 4.52 Å². The van der Waals surface area contributed by atoms with Gasteiger partial charge in [-0.1, -0.05) is 72.4 Å². The molecular weight excluding hydrogens is 376 g/mol. The summed E-state index contributed by atoms with van der Waals surface area (Å²) in [4.78, 5) is 0. The molecule has 4 heteroatoms. The largest absolute Gasteiger partial charge is 0.359 e. The van der Waals surface area contributed by atoms with E-state index in [0.717, 1.165) is 45.9 Å². The van der Waals surface area contributed by atoms with Crippen molar-refractivity contribution in [1.29, 1.82) is 5.26 Å². The summed E-state index contributed by atoms with van der Waals surface area (Å²) in [5, 5.41) is 15.3. The highest BCUT2D eigenvalue weighted by Gasteiger charge is 2.34. The Balaban J connectivity index is 1.71. The van der Waals surface area contributed by atoms with Crippen LogP contribution in [0.1, 0.15) is 59.5 Å². The average Bonchev–Trinajstić information content (AvgIpc) is 3.53. The molecule has 0 N–H and O–H groups in total. The zero-order chi connectivity index (χ0) is 20.2. The standard InChI is InChI=1S/C25H24N2OS/c1-17(23-24(20-13-14-20)28-27-25(23)29-2)15-21(18-9-5-3-6-10-18)22(16-26)19-11-7-4-8-12-19/h3-12,20-22H,1,13-15H2,2H3. The van der Waals surface area contributed by atoms with Crippen LogP contribution in [0.3, 0.4) is 0 Å². The molecule has 2 atom stereocenters. The molecule has 0 spiro atoms. The van der Waals surface area contributed by atoms with Gasteiger partial charge in [0.25, 0.3) is 0 Å². The SMILES string of the molecule is C=C(CC(c1ccccc1)C(C#N)c1ccccc1)c1c(SC)noc1C1CC1. The molecule has 0 bridgehead atoms. The number of thioether (sulfide) groups is 1. The first-order chi connectivity index (χ1) is 14.2. The van der Waals surface area contributed by atoms with Gasteiger partial charge in [-0.25, -0.2) is 0 Å². The van der Waals surface area contributed by atoms with Crippen LogP contribution in [0.5, 0.6) is 0 Å². The van der Waals surface area contributed by atoms with Crippen LogP contribution in [0.2, 0.25) is 0 Å². The quantitative estimate of drug-likeness (QED) is 0.392. The van der Waals surface area contributed by atoms with Crippen molar-refractivity contribution in [3.05, 3.63) is 89.7 Å². The number of hydrogen-bond acceptors (Lipinski definition) is 4. The van der Waals surface area contributed by atoms with Gasteiger partial charge in [0.15, 0.2) is 0 Å². The lowest BCUT2D eigenvalue weighted by Gasteiger charge is -2.24. The third-order valence-corrected chi connectivity index (χ3v) is 6.24. The molecule has 2 aromatic carbocycles. The lowest BCUT2D eigenvalue weighted by atomic mass is 9.78. The van der Waals surface area contributed by atoms with E-state index < -0.39 is 0 Å².